The molecular weight excluding hydrogens is 418 g/mol. The van der Waals surface area contributed by atoms with Crippen molar-refractivity contribution in [1.29, 1.82) is 0 Å². The van der Waals surface area contributed by atoms with E-state index in [1.807, 2.05) is 60.4 Å². The fraction of sp³-hybridized carbons (Fsp3) is 0.182. The molecule has 28 heavy (non-hydrogen) atoms. The topological polar surface area (TPSA) is 68.4 Å². The van der Waals surface area contributed by atoms with E-state index in [2.05, 4.69) is 20.9 Å². The minimum Gasteiger partial charge on any atom is -0.489 e. The third-order valence-corrected chi connectivity index (χ3v) is 4.85. The summed E-state index contributed by atoms with van der Waals surface area (Å²) in [5.74, 6) is 0.880. The molecule has 1 amide bonds. The quantitative estimate of drug-likeness (QED) is 0.558. The molecule has 0 saturated heterocycles. The van der Waals surface area contributed by atoms with E-state index in [0.717, 1.165) is 21.3 Å². The highest BCUT2D eigenvalue weighted by molar-refractivity contribution is 9.10. The van der Waals surface area contributed by atoms with Gasteiger partial charge in [-0.15, -0.1) is 0 Å². The first kappa shape index (κ1) is 19.9. The van der Waals surface area contributed by atoms with Crippen LogP contribution in [0.1, 0.15) is 28.4 Å². The van der Waals surface area contributed by atoms with Crippen LogP contribution in [0.15, 0.2) is 71.3 Å². The summed E-state index contributed by atoms with van der Waals surface area (Å²) in [6.07, 6.45) is 1.66. The van der Waals surface area contributed by atoms with Gasteiger partial charge in [-0.25, -0.2) is 4.98 Å². The SMILES string of the molecule is CCN(Cc1cc(Br)ccc1OCc1ccccc1)c1ncccc1C(N)=O. The number of hydrogen-bond acceptors (Lipinski definition) is 4. The van der Waals surface area contributed by atoms with E-state index < -0.39 is 5.91 Å². The molecule has 0 aliphatic carbocycles. The van der Waals surface area contributed by atoms with E-state index >= 15 is 0 Å². The molecule has 1 heterocycles. The van der Waals surface area contributed by atoms with Crippen molar-refractivity contribution in [3.05, 3.63) is 88.0 Å². The molecule has 144 valence electrons. The molecule has 6 heteroatoms. The first-order valence-corrected chi connectivity index (χ1v) is 9.82. The standard InChI is InChI=1S/C22H22BrN3O2/c1-2-26(22-19(21(24)27)9-6-12-25-22)14-17-13-18(23)10-11-20(17)28-15-16-7-4-3-5-8-16/h3-13H,2,14-15H2,1H3,(H2,24,27). The lowest BCUT2D eigenvalue weighted by molar-refractivity contribution is 0.100. The fourth-order valence-corrected chi connectivity index (χ4v) is 3.34. The number of nitrogens with two attached hydrogens (primary N) is 1. The van der Waals surface area contributed by atoms with Gasteiger partial charge in [-0.2, -0.15) is 0 Å². The molecule has 2 N–H and O–H groups in total. The zero-order chi connectivity index (χ0) is 19.9. The number of aromatic nitrogens is 1. The Bertz CT molecular complexity index is 948. The Kier molecular flexibility index (Phi) is 6.66. The number of hydrogen-bond donors (Lipinski definition) is 1. The molecule has 0 radical (unpaired) electrons. The maximum Gasteiger partial charge on any atom is 0.252 e. The van der Waals surface area contributed by atoms with E-state index in [4.69, 9.17) is 10.5 Å². The van der Waals surface area contributed by atoms with E-state index in [0.29, 0.717) is 31.1 Å². The molecule has 1 aromatic heterocycles. The van der Waals surface area contributed by atoms with Crippen LogP contribution in [0.5, 0.6) is 5.75 Å². The predicted octanol–water partition coefficient (Wildman–Crippen LogP) is 4.55. The number of primary amides is 1. The van der Waals surface area contributed by atoms with E-state index in [1.54, 1.807) is 18.3 Å². The minimum atomic E-state index is -0.489. The lowest BCUT2D eigenvalue weighted by Gasteiger charge is -2.25. The zero-order valence-electron chi connectivity index (χ0n) is 15.6. The van der Waals surface area contributed by atoms with Gasteiger partial charge in [0, 0.05) is 29.3 Å². The second kappa shape index (κ2) is 9.37. The second-order valence-corrected chi connectivity index (χ2v) is 7.19. The summed E-state index contributed by atoms with van der Waals surface area (Å²) in [4.78, 5) is 18.2. The molecule has 0 unspecified atom stereocenters. The summed E-state index contributed by atoms with van der Waals surface area (Å²) in [6.45, 7) is 3.71. The van der Waals surface area contributed by atoms with Gasteiger partial charge in [-0.3, -0.25) is 4.79 Å². The molecule has 0 fully saturated rings. The summed E-state index contributed by atoms with van der Waals surface area (Å²) >= 11 is 3.53. The minimum absolute atomic E-state index is 0.408. The van der Waals surface area contributed by atoms with Crippen molar-refractivity contribution in [3.63, 3.8) is 0 Å². The van der Waals surface area contributed by atoms with Crippen LogP contribution < -0.4 is 15.4 Å². The number of anilines is 1. The van der Waals surface area contributed by atoms with E-state index in [9.17, 15) is 4.79 Å². The highest BCUT2D eigenvalue weighted by atomic mass is 79.9. The average Bonchev–Trinajstić information content (AvgIpc) is 2.72. The molecule has 0 bridgehead atoms. The van der Waals surface area contributed by atoms with Gasteiger partial charge in [-0.05, 0) is 42.8 Å². The third-order valence-electron chi connectivity index (χ3n) is 4.35. The maximum atomic E-state index is 11.8. The number of pyridine rings is 1. The molecule has 2 aromatic carbocycles. The van der Waals surface area contributed by atoms with Gasteiger partial charge >= 0.3 is 0 Å². The molecule has 0 aliphatic heterocycles. The summed E-state index contributed by atoms with van der Waals surface area (Å²) in [5, 5.41) is 0. The number of carbonyl (C=O) groups is 1. The van der Waals surface area contributed by atoms with Crippen LogP contribution in [0.4, 0.5) is 5.82 Å². The highest BCUT2D eigenvalue weighted by Crippen LogP contribution is 2.28. The number of halogens is 1. The Morgan fingerprint density at radius 3 is 2.64 bits per heavy atom. The van der Waals surface area contributed by atoms with Crippen LogP contribution >= 0.6 is 15.9 Å². The van der Waals surface area contributed by atoms with Crippen LogP contribution in [0.25, 0.3) is 0 Å². The fourth-order valence-electron chi connectivity index (χ4n) is 2.93. The van der Waals surface area contributed by atoms with Crippen LogP contribution in [0.2, 0.25) is 0 Å². The Morgan fingerprint density at radius 1 is 1.14 bits per heavy atom. The molecular formula is C22H22BrN3O2. The molecule has 0 aliphatic rings. The van der Waals surface area contributed by atoms with Gasteiger partial charge in [0.25, 0.3) is 5.91 Å². The number of ether oxygens (including phenoxy) is 1. The molecule has 5 nitrogen and oxygen atoms in total. The lowest BCUT2D eigenvalue weighted by atomic mass is 10.1. The Balaban J connectivity index is 1.86. The van der Waals surface area contributed by atoms with Crippen molar-refractivity contribution in [3.8, 4) is 5.75 Å². The van der Waals surface area contributed by atoms with Crippen molar-refractivity contribution >= 4 is 27.7 Å². The molecule has 3 rings (SSSR count). The summed E-state index contributed by atoms with van der Waals surface area (Å²) in [7, 11) is 0. The number of rotatable bonds is 8. The summed E-state index contributed by atoms with van der Waals surface area (Å²) in [5.41, 5.74) is 8.03. The average molecular weight is 440 g/mol. The smallest absolute Gasteiger partial charge is 0.252 e. The molecule has 0 atom stereocenters. The van der Waals surface area contributed by atoms with Crippen LogP contribution in [0.3, 0.4) is 0 Å². The largest absolute Gasteiger partial charge is 0.489 e. The number of amides is 1. The molecule has 0 spiro atoms. The van der Waals surface area contributed by atoms with Crippen molar-refractivity contribution in [2.45, 2.75) is 20.1 Å². The summed E-state index contributed by atoms with van der Waals surface area (Å²) in [6, 6.07) is 19.4. The first-order valence-electron chi connectivity index (χ1n) is 9.03. The van der Waals surface area contributed by atoms with Crippen LogP contribution in [-0.2, 0) is 13.2 Å². The van der Waals surface area contributed by atoms with Gasteiger partial charge in [0.2, 0.25) is 0 Å². The molecule has 3 aromatic rings. The Hall–Kier alpha value is -2.86. The van der Waals surface area contributed by atoms with Gasteiger partial charge in [0.1, 0.15) is 18.2 Å². The Morgan fingerprint density at radius 2 is 1.93 bits per heavy atom. The monoisotopic (exact) mass is 439 g/mol. The third kappa shape index (κ3) is 4.89. The van der Waals surface area contributed by atoms with E-state index in [-0.39, 0.29) is 0 Å². The van der Waals surface area contributed by atoms with Gasteiger partial charge in [-0.1, -0.05) is 46.3 Å². The van der Waals surface area contributed by atoms with Crippen LogP contribution in [-0.4, -0.2) is 17.4 Å². The van der Waals surface area contributed by atoms with Crippen molar-refractivity contribution in [1.82, 2.24) is 4.98 Å². The highest BCUT2D eigenvalue weighted by Gasteiger charge is 2.17. The predicted molar refractivity (Wildman–Crippen MR) is 114 cm³/mol. The van der Waals surface area contributed by atoms with Crippen molar-refractivity contribution in [2.24, 2.45) is 5.73 Å². The summed E-state index contributed by atoms with van der Waals surface area (Å²) < 4.78 is 7.04. The normalized spacial score (nSPS) is 10.5. The van der Waals surface area contributed by atoms with Crippen molar-refractivity contribution in [2.75, 3.05) is 11.4 Å². The second-order valence-electron chi connectivity index (χ2n) is 6.28. The van der Waals surface area contributed by atoms with Gasteiger partial charge in [0.15, 0.2) is 0 Å². The molecule has 0 saturated carbocycles. The number of benzene rings is 2. The Labute approximate surface area is 173 Å². The van der Waals surface area contributed by atoms with Crippen molar-refractivity contribution < 1.29 is 9.53 Å². The van der Waals surface area contributed by atoms with Gasteiger partial charge in [0.05, 0.1) is 5.56 Å². The number of nitrogens with zero attached hydrogens (tertiary/aromatic N) is 2. The van der Waals surface area contributed by atoms with Crippen LogP contribution in [0, 0.1) is 0 Å². The maximum absolute atomic E-state index is 11.8. The van der Waals surface area contributed by atoms with Gasteiger partial charge < -0.3 is 15.4 Å². The first-order chi connectivity index (χ1) is 13.6. The number of carbonyl (C=O) groups excluding carboxylic acids is 1. The van der Waals surface area contributed by atoms with E-state index in [1.165, 1.54) is 0 Å². The lowest BCUT2D eigenvalue weighted by Crippen LogP contribution is -2.27. The zero-order valence-corrected chi connectivity index (χ0v) is 17.2.